The molecule has 108 valence electrons. The Morgan fingerprint density at radius 3 is 2.50 bits per heavy atom. The Kier molecular flexibility index (Phi) is 5.92. The summed E-state index contributed by atoms with van der Waals surface area (Å²) < 4.78 is 36.3. The monoisotopic (exact) mass is 267 g/mol. The molecule has 1 aliphatic rings. The third-order valence-electron chi connectivity index (χ3n) is 3.95. The zero-order valence-electron chi connectivity index (χ0n) is 11.2. The van der Waals surface area contributed by atoms with Crippen molar-refractivity contribution in [3.63, 3.8) is 0 Å². The molecule has 1 saturated carbocycles. The van der Waals surface area contributed by atoms with Crippen LogP contribution in [0.1, 0.15) is 39.0 Å². The molecule has 0 heterocycles. The Labute approximate surface area is 107 Å². The van der Waals surface area contributed by atoms with Crippen LogP contribution in [0, 0.1) is 11.8 Å². The Balaban J connectivity index is 2.35. The van der Waals surface area contributed by atoms with Gasteiger partial charge in [0, 0.05) is 13.1 Å². The highest BCUT2D eigenvalue weighted by Crippen LogP contribution is 2.32. The molecule has 0 aromatic heterocycles. The zero-order valence-corrected chi connectivity index (χ0v) is 11.2. The van der Waals surface area contributed by atoms with Crippen LogP contribution in [0.15, 0.2) is 0 Å². The molecule has 0 amide bonds. The number of halogens is 3. The van der Waals surface area contributed by atoms with Crippen molar-refractivity contribution in [2.24, 2.45) is 11.8 Å². The molecule has 1 rings (SSSR count). The van der Waals surface area contributed by atoms with Crippen molar-refractivity contribution in [2.75, 3.05) is 20.1 Å². The second-order valence-corrected chi connectivity index (χ2v) is 5.54. The summed E-state index contributed by atoms with van der Waals surface area (Å²) in [7, 11) is 1.70. The highest BCUT2D eigenvalue weighted by molar-refractivity contribution is 4.81. The number of rotatable bonds is 5. The minimum atomic E-state index is -4.09. The second kappa shape index (κ2) is 6.75. The van der Waals surface area contributed by atoms with Crippen molar-refractivity contribution in [3.8, 4) is 0 Å². The first kappa shape index (κ1) is 15.8. The van der Waals surface area contributed by atoms with Crippen LogP contribution in [-0.4, -0.2) is 42.4 Å². The Morgan fingerprint density at radius 2 is 1.94 bits per heavy atom. The van der Waals surface area contributed by atoms with Gasteiger partial charge in [-0.1, -0.05) is 13.3 Å². The molecule has 0 spiro atoms. The molecule has 3 atom stereocenters. The van der Waals surface area contributed by atoms with E-state index in [4.69, 9.17) is 0 Å². The van der Waals surface area contributed by atoms with E-state index in [2.05, 4.69) is 6.92 Å². The first-order chi connectivity index (χ1) is 8.31. The lowest BCUT2D eigenvalue weighted by Gasteiger charge is -2.35. The zero-order chi connectivity index (χ0) is 13.8. The topological polar surface area (TPSA) is 23.5 Å². The summed E-state index contributed by atoms with van der Waals surface area (Å²) in [5.74, 6) is 0.747. The predicted octanol–water partition coefficient (Wildman–Crippen LogP) is 3.06. The quantitative estimate of drug-likeness (QED) is 0.827. The van der Waals surface area contributed by atoms with Crippen LogP contribution in [0.5, 0.6) is 0 Å². The molecule has 0 saturated heterocycles. The van der Waals surface area contributed by atoms with Crippen molar-refractivity contribution in [2.45, 2.75) is 51.3 Å². The Bertz CT molecular complexity index is 245. The number of aliphatic hydroxyl groups excluding tert-OH is 1. The summed E-state index contributed by atoms with van der Waals surface area (Å²) in [6.07, 6.45) is -1.35. The summed E-state index contributed by atoms with van der Waals surface area (Å²) in [5.41, 5.74) is 0. The maximum absolute atomic E-state index is 12.1. The van der Waals surface area contributed by atoms with Gasteiger partial charge in [-0.2, -0.15) is 13.2 Å². The van der Waals surface area contributed by atoms with E-state index < -0.39 is 12.6 Å². The SMILES string of the molecule is CCC1CCC(O)C(CN(C)CCC(F)(F)F)C1. The summed E-state index contributed by atoms with van der Waals surface area (Å²) >= 11 is 0. The van der Waals surface area contributed by atoms with Gasteiger partial charge in [-0.05, 0) is 38.1 Å². The number of hydrogen-bond acceptors (Lipinski definition) is 2. The van der Waals surface area contributed by atoms with E-state index in [1.807, 2.05) is 0 Å². The normalized spacial score (nSPS) is 29.8. The first-order valence-corrected chi connectivity index (χ1v) is 6.75. The standard InChI is InChI=1S/C13H24F3NO/c1-3-10-4-5-12(18)11(8-10)9-17(2)7-6-13(14,15)16/h10-12,18H,3-9H2,1-2H3. The van der Waals surface area contributed by atoms with Crippen LogP contribution in [-0.2, 0) is 0 Å². The molecule has 3 unspecified atom stereocenters. The maximum atomic E-state index is 12.1. The minimum absolute atomic E-state index is 0.0174. The van der Waals surface area contributed by atoms with E-state index in [-0.39, 0.29) is 18.6 Å². The number of aliphatic hydroxyl groups is 1. The molecular weight excluding hydrogens is 243 g/mol. The van der Waals surface area contributed by atoms with Crippen molar-refractivity contribution in [1.29, 1.82) is 0 Å². The Morgan fingerprint density at radius 1 is 1.28 bits per heavy atom. The molecule has 0 bridgehead atoms. The van der Waals surface area contributed by atoms with E-state index >= 15 is 0 Å². The largest absolute Gasteiger partial charge is 0.393 e. The first-order valence-electron chi connectivity index (χ1n) is 6.75. The summed E-state index contributed by atoms with van der Waals surface area (Å²) in [6.45, 7) is 2.71. The lowest BCUT2D eigenvalue weighted by Crippen LogP contribution is -2.38. The number of hydrogen-bond donors (Lipinski definition) is 1. The maximum Gasteiger partial charge on any atom is 0.390 e. The van der Waals surface area contributed by atoms with Gasteiger partial charge in [-0.25, -0.2) is 0 Å². The fourth-order valence-electron chi connectivity index (χ4n) is 2.72. The molecule has 0 radical (unpaired) electrons. The molecule has 18 heavy (non-hydrogen) atoms. The Hall–Kier alpha value is -0.290. The lowest BCUT2D eigenvalue weighted by molar-refractivity contribution is -0.138. The van der Waals surface area contributed by atoms with Crippen molar-refractivity contribution >= 4 is 0 Å². The van der Waals surface area contributed by atoms with Crippen molar-refractivity contribution in [1.82, 2.24) is 4.90 Å². The minimum Gasteiger partial charge on any atom is -0.393 e. The van der Waals surface area contributed by atoms with Gasteiger partial charge in [-0.3, -0.25) is 0 Å². The molecular formula is C13H24F3NO. The van der Waals surface area contributed by atoms with Crippen LogP contribution in [0.4, 0.5) is 13.2 Å². The lowest BCUT2D eigenvalue weighted by atomic mass is 9.78. The summed E-state index contributed by atoms with van der Waals surface area (Å²) in [6, 6.07) is 0. The predicted molar refractivity (Wildman–Crippen MR) is 65.3 cm³/mol. The third-order valence-corrected chi connectivity index (χ3v) is 3.95. The number of alkyl halides is 3. The highest BCUT2D eigenvalue weighted by atomic mass is 19.4. The molecule has 0 aromatic carbocycles. The summed E-state index contributed by atoms with van der Waals surface area (Å²) in [5, 5.41) is 9.91. The van der Waals surface area contributed by atoms with Gasteiger partial charge in [0.05, 0.1) is 12.5 Å². The van der Waals surface area contributed by atoms with Gasteiger partial charge in [-0.15, -0.1) is 0 Å². The van der Waals surface area contributed by atoms with Crippen LogP contribution < -0.4 is 0 Å². The van der Waals surface area contributed by atoms with E-state index in [0.29, 0.717) is 12.5 Å². The highest BCUT2D eigenvalue weighted by Gasteiger charge is 2.31. The van der Waals surface area contributed by atoms with Gasteiger partial charge >= 0.3 is 6.18 Å². The van der Waals surface area contributed by atoms with Crippen LogP contribution in [0.2, 0.25) is 0 Å². The van der Waals surface area contributed by atoms with Crippen molar-refractivity contribution in [3.05, 3.63) is 0 Å². The van der Waals surface area contributed by atoms with E-state index in [1.165, 1.54) is 0 Å². The van der Waals surface area contributed by atoms with Gasteiger partial charge in [0.1, 0.15) is 0 Å². The molecule has 1 N–H and O–H groups in total. The van der Waals surface area contributed by atoms with E-state index in [0.717, 1.165) is 25.7 Å². The smallest absolute Gasteiger partial charge is 0.390 e. The van der Waals surface area contributed by atoms with Crippen LogP contribution in [0.25, 0.3) is 0 Å². The fourth-order valence-corrected chi connectivity index (χ4v) is 2.72. The molecule has 1 aliphatic carbocycles. The molecule has 5 heteroatoms. The van der Waals surface area contributed by atoms with Gasteiger partial charge in [0.25, 0.3) is 0 Å². The molecule has 0 aromatic rings. The third kappa shape index (κ3) is 5.57. The fraction of sp³-hybridized carbons (Fsp3) is 1.00. The average molecular weight is 267 g/mol. The second-order valence-electron chi connectivity index (χ2n) is 5.54. The molecule has 1 fully saturated rings. The van der Waals surface area contributed by atoms with E-state index in [9.17, 15) is 18.3 Å². The molecule has 2 nitrogen and oxygen atoms in total. The van der Waals surface area contributed by atoms with Gasteiger partial charge in [0.15, 0.2) is 0 Å². The average Bonchev–Trinajstić information content (AvgIpc) is 2.28. The van der Waals surface area contributed by atoms with Gasteiger partial charge < -0.3 is 10.0 Å². The number of nitrogens with zero attached hydrogens (tertiary/aromatic N) is 1. The van der Waals surface area contributed by atoms with Crippen LogP contribution >= 0.6 is 0 Å². The van der Waals surface area contributed by atoms with Crippen molar-refractivity contribution < 1.29 is 18.3 Å². The van der Waals surface area contributed by atoms with Crippen LogP contribution in [0.3, 0.4) is 0 Å². The molecule has 0 aliphatic heterocycles. The summed E-state index contributed by atoms with van der Waals surface area (Å²) in [4.78, 5) is 1.69. The van der Waals surface area contributed by atoms with E-state index in [1.54, 1.807) is 11.9 Å². The van der Waals surface area contributed by atoms with Gasteiger partial charge in [0.2, 0.25) is 0 Å².